The van der Waals surface area contributed by atoms with E-state index in [0.717, 1.165) is 11.3 Å². The lowest BCUT2D eigenvalue weighted by Crippen LogP contribution is -2.03. The van der Waals surface area contributed by atoms with E-state index < -0.39 is 11.9 Å². The molecule has 1 aromatic heterocycles. The summed E-state index contributed by atoms with van der Waals surface area (Å²) in [6.07, 6.45) is 0. The summed E-state index contributed by atoms with van der Waals surface area (Å²) in [6, 6.07) is 0. The second kappa shape index (κ2) is 3.53. The van der Waals surface area contributed by atoms with Crippen molar-refractivity contribution in [3.8, 4) is 0 Å². The maximum absolute atomic E-state index is 10.9. The molecule has 6 heteroatoms. The van der Waals surface area contributed by atoms with Crippen LogP contribution in [0.2, 0.25) is 0 Å². The van der Waals surface area contributed by atoms with Gasteiger partial charge in [0, 0.05) is 4.88 Å². The number of carboxylic acid groups (broad SMARTS) is 1. The molecule has 70 valence electrons. The summed E-state index contributed by atoms with van der Waals surface area (Å²) in [5, 5.41) is 8.69. The van der Waals surface area contributed by atoms with Crippen LogP contribution in [0.5, 0.6) is 0 Å². The van der Waals surface area contributed by atoms with Crippen molar-refractivity contribution in [3.63, 3.8) is 0 Å². The van der Waals surface area contributed by atoms with Crippen molar-refractivity contribution in [3.05, 3.63) is 15.6 Å². The number of methoxy groups -OCH3 is 1. The Morgan fingerprint density at radius 3 is 2.54 bits per heavy atom. The third-order valence-electron chi connectivity index (χ3n) is 1.36. The van der Waals surface area contributed by atoms with Crippen molar-refractivity contribution in [1.82, 2.24) is 4.98 Å². The molecule has 0 spiro atoms. The number of rotatable bonds is 2. The molecule has 1 rings (SSSR count). The monoisotopic (exact) mass is 201 g/mol. The predicted molar refractivity (Wildman–Crippen MR) is 45.1 cm³/mol. The Bertz CT molecular complexity index is 357. The highest BCUT2D eigenvalue weighted by Crippen LogP contribution is 2.17. The van der Waals surface area contributed by atoms with Gasteiger partial charge in [-0.05, 0) is 6.92 Å². The molecule has 0 aliphatic heterocycles. The van der Waals surface area contributed by atoms with Crippen LogP contribution >= 0.6 is 11.3 Å². The Hall–Kier alpha value is -1.43. The van der Waals surface area contributed by atoms with Gasteiger partial charge in [0.2, 0.25) is 5.01 Å². The summed E-state index contributed by atoms with van der Waals surface area (Å²) in [6.45, 7) is 1.59. The van der Waals surface area contributed by atoms with Gasteiger partial charge in [0.15, 0.2) is 5.69 Å². The van der Waals surface area contributed by atoms with Crippen LogP contribution in [-0.4, -0.2) is 29.1 Å². The maximum atomic E-state index is 10.9. The zero-order valence-corrected chi connectivity index (χ0v) is 7.84. The van der Waals surface area contributed by atoms with Crippen LogP contribution < -0.4 is 0 Å². The minimum absolute atomic E-state index is 0.0670. The van der Waals surface area contributed by atoms with Crippen molar-refractivity contribution in [2.45, 2.75) is 6.92 Å². The Morgan fingerprint density at radius 1 is 1.54 bits per heavy atom. The maximum Gasteiger partial charge on any atom is 0.367 e. The van der Waals surface area contributed by atoms with E-state index >= 15 is 0 Å². The van der Waals surface area contributed by atoms with E-state index in [9.17, 15) is 9.59 Å². The molecular formula is C7H7NO4S. The van der Waals surface area contributed by atoms with Gasteiger partial charge in [-0.15, -0.1) is 11.3 Å². The summed E-state index contributed by atoms with van der Waals surface area (Å²) < 4.78 is 4.40. The fraction of sp³-hybridized carbons (Fsp3) is 0.286. The second-order valence-corrected chi connectivity index (χ2v) is 3.42. The number of aryl methyl sites for hydroxylation is 1. The summed E-state index contributed by atoms with van der Waals surface area (Å²) >= 11 is 1.01. The van der Waals surface area contributed by atoms with E-state index in [0.29, 0.717) is 4.88 Å². The molecule has 0 bridgehead atoms. The molecule has 0 aliphatic rings. The van der Waals surface area contributed by atoms with E-state index in [2.05, 4.69) is 9.72 Å². The van der Waals surface area contributed by atoms with Crippen molar-refractivity contribution in [1.29, 1.82) is 0 Å². The van der Waals surface area contributed by atoms with Crippen molar-refractivity contribution >= 4 is 23.3 Å². The molecule has 1 N–H and O–H groups in total. The van der Waals surface area contributed by atoms with Crippen molar-refractivity contribution in [2.24, 2.45) is 0 Å². The van der Waals surface area contributed by atoms with Crippen LogP contribution in [0.3, 0.4) is 0 Å². The van der Waals surface area contributed by atoms with Crippen molar-refractivity contribution in [2.75, 3.05) is 7.11 Å². The lowest BCUT2D eigenvalue weighted by atomic mass is 10.4. The first-order chi connectivity index (χ1) is 6.06. The fourth-order valence-corrected chi connectivity index (χ4v) is 1.59. The number of nitrogens with zero attached hydrogens (tertiary/aromatic N) is 1. The molecule has 1 heterocycles. The zero-order chi connectivity index (χ0) is 10.0. The first-order valence-electron chi connectivity index (χ1n) is 3.35. The molecule has 0 aromatic carbocycles. The van der Waals surface area contributed by atoms with Gasteiger partial charge in [0.1, 0.15) is 0 Å². The van der Waals surface area contributed by atoms with E-state index in [1.54, 1.807) is 6.92 Å². The van der Waals surface area contributed by atoms with Gasteiger partial charge in [0.05, 0.1) is 7.11 Å². The number of esters is 1. The summed E-state index contributed by atoms with van der Waals surface area (Å²) in [4.78, 5) is 25.6. The number of aromatic carboxylic acids is 1. The largest absolute Gasteiger partial charge is 0.476 e. The number of ether oxygens (including phenoxy) is 1. The topological polar surface area (TPSA) is 76.5 Å². The van der Waals surface area contributed by atoms with Gasteiger partial charge >= 0.3 is 11.9 Å². The van der Waals surface area contributed by atoms with Crippen LogP contribution in [0.4, 0.5) is 0 Å². The number of carbonyl (C=O) groups excluding carboxylic acids is 1. The molecule has 5 nitrogen and oxygen atoms in total. The lowest BCUT2D eigenvalue weighted by Gasteiger charge is -1.89. The molecule has 1 aromatic rings. The van der Waals surface area contributed by atoms with E-state index in [1.165, 1.54) is 7.11 Å². The van der Waals surface area contributed by atoms with E-state index in [-0.39, 0.29) is 10.7 Å². The average molecular weight is 201 g/mol. The van der Waals surface area contributed by atoms with Crippen LogP contribution in [0.1, 0.15) is 25.2 Å². The Balaban J connectivity index is 3.09. The van der Waals surface area contributed by atoms with E-state index in [1.807, 2.05) is 0 Å². The molecule has 13 heavy (non-hydrogen) atoms. The number of hydrogen-bond donors (Lipinski definition) is 1. The average Bonchev–Trinajstić information content (AvgIpc) is 2.46. The highest BCUT2D eigenvalue weighted by Gasteiger charge is 2.18. The lowest BCUT2D eigenvalue weighted by molar-refractivity contribution is 0.0600. The first kappa shape index (κ1) is 9.66. The summed E-state index contributed by atoms with van der Waals surface area (Å²) in [5.41, 5.74) is -0.0922. The standard InChI is InChI=1S/C7H7NO4S/c1-3-4(6(9)10)8-5(13-3)7(11)12-2/h1-2H3,(H,9,10). The van der Waals surface area contributed by atoms with Gasteiger partial charge in [-0.25, -0.2) is 14.6 Å². The van der Waals surface area contributed by atoms with Gasteiger partial charge in [-0.3, -0.25) is 0 Å². The second-order valence-electron chi connectivity index (χ2n) is 2.22. The van der Waals surface area contributed by atoms with Crippen LogP contribution in [-0.2, 0) is 4.74 Å². The fourth-order valence-electron chi connectivity index (χ4n) is 0.769. The number of aromatic nitrogens is 1. The predicted octanol–water partition coefficient (Wildman–Crippen LogP) is 0.936. The molecular weight excluding hydrogens is 194 g/mol. The first-order valence-corrected chi connectivity index (χ1v) is 4.17. The normalized spacial score (nSPS) is 9.69. The van der Waals surface area contributed by atoms with Crippen LogP contribution in [0, 0.1) is 6.92 Å². The molecule has 0 atom stereocenters. The van der Waals surface area contributed by atoms with Crippen LogP contribution in [0.15, 0.2) is 0 Å². The molecule has 0 radical (unpaired) electrons. The van der Waals surface area contributed by atoms with Gasteiger partial charge in [0.25, 0.3) is 0 Å². The van der Waals surface area contributed by atoms with Gasteiger partial charge in [-0.2, -0.15) is 0 Å². The van der Waals surface area contributed by atoms with Crippen molar-refractivity contribution < 1.29 is 19.4 Å². The number of carboxylic acids is 1. The van der Waals surface area contributed by atoms with Crippen LogP contribution in [0.25, 0.3) is 0 Å². The smallest absolute Gasteiger partial charge is 0.367 e. The van der Waals surface area contributed by atoms with Gasteiger partial charge < -0.3 is 9.84 Å². The molecule has 0 saturated carbocycles. The molecule has 0 unspecified atom stereocenters. The third-order valence-corrected chi connectivity index (χ3v) is 2.31. The number of thiazole rings is 1. The molecule has 0 amide bonds. The Labute approximate surface area is 78.0 Å². The highest BCUT2D eigenvalue weighted by molar-refractivity contribution is 7.13. The third kappa shape index (κ3) is 1.83. The summed E-state index contributed by atoms with van der Waals surface area (Å²) in [5.74, 6) is -1.75. The van der Waals surface area contributed by atoms with E-state index in [4.69, 9.17) is 5.11 Å². The minimum Gasteiger partial charge on any atom is -0.476 e. The minimum atomic E-state index is -1.14. The summed E-state index contributed by atoms with van der Waals surface area (Å²) in [7, 11) is 1.22. The Morgan fingerprint density at radius 2 is 2.15 bits per heavy atom. The molecule has 0 aliphatic carbocycles. The quantitative estimate of drug-likeness (QED) is 0.720. The van der Waals surface area contributed by atoms with Gasteiger partial charge in [-0.1, -0.05) is 0 Å². The Kier molecular flexibility index (Phi) is 2.62. The zero-order valence-electron chi connectivity index (χ0n) is 7.03. The highest BCUT2D eigenvalue weighted by atomic mass is 32.1. The molecule has 0 fully saturated rings. The molecule has 0 saturated heterocycles. The number of hydrogen-bond acceptors (Lipinski definition) is 5. The SMILES string of the molecule is COC(=O)c1nc(C(=O)O)c(C)s1. The number of carbonyl (C=O) groups is 2.